The largest absolute Gasteiger partial charge is 0.756 e. The van der Waals surface area contributed by atoms with Gasteiger partial charge in [0.25, 0.3) is 7.82 Å². The zero-order valence-corrected chi connectivity index (χ0v) is 36.0. The second-order valence-corrected chi connectivity index (χ2v) is 16.8. The average molecular weight is 782 g/mol. The highest BCUT2D eigenvalue weighted by Crippen LogP contribution is 2.38. The molecular formula is C44H80NO8P. The van der Waals surface area contributed by atoms with Crippen LogP contribution in [0.15, 0.2) is 48.6 Å². The molecule has 0 aromatic carbocycles. The Labute approximate surface area is 331 Å². The zero-order chi connectivity index (χ0) is 40.0. The number of hydrogen-bond acceptors (Lipinski definition) is 8. The minimum absolute atomic E-state index is 0.0376. The summed E-state index contributed by atoms with van der Waals surface area (Å²) in [5, 5.41) is 0. The summed E-state index contributed by atoms with van der Waals surface area (Å²) in [6.07, 6.45) is 41.3. The number of esters is 2. The van der Waals surface area contributed by atoms with E-state index in [-0.39, 0.29) is 26.1 Å². The lowest BCUT2D eigenvalue weighted by Crippen LogP contribution is -2.37. The van der Waals surface area contributed by atoms with Crippen molar-refractivity contribution in [1.29, 1.82) is 0 Å². The van der Waals surface area contributed by atoms with E-state index in [1.54, 1.807) is 0 Å². The number of ether oxygens (including phenoxy) is 2. The van der Waals surface area contributed by atoms with E-state index < -0.39 is 32.5 Å². The van der Waals surface area contributed by atoms with Crippen LogP contribution in [-0.2, 0) is 32.7 Å². The highest BCUT2D eigenvalue weighted by atomic mass is 31.2. The van der Waals surface area contributed by atoms with Crippen LogP contribution in [0.2, 0.25) is 0 Å². The molecule has 0 rings (SSSR count). The molecule has 0 radical (unpaired) electrons. The number of likely N-dealkylation sites (N-methyl/N-ethyl adjacent to an activating group) is 1. The lowest BCUT2D eigenvalue weighted by molar-refractivity contribution is -0.870. The normalized spacial score (nSPS) is 14.1. The number of carbonyl (C=O) groups excluding carboxylic acids is 2. The van der Waals surface area contributed by atoms with Crippen LogP contribution in [0, 0.1) is 0 Å². The molecule has 1 unspecified atom stereocenters. The molecule has 0 heterocycles. The van der Waals surface area contributed by atoms with Gasteiger partial charge in [0.15, 0.2) is 6.10 Å². The first-order valence-electron chi connectivity index (χ1n) is 21.3. The number of carbonyl (C=O) groups is 2. The van der Waals surface area contributed by atoms with Crippen LogP contribution in [0.25, 0.3) is 0 Å². The van der Waals surface area contributed by atoms with Gasteiger partial charge in [-0.1, -0.05) is 127 Å². The molecule has 2 atom stereocenters. The van der Waals surface area contributed by atoms with Crippen molar-refractivity contribution in [3.8, 4) is 0 Å². The molecule has 0 bridgehead atoms. The Hall–Kier alpha value is -2.03. The molecule has 0 fully saturated rings. The third-order valence-corrected chi connectivity index (χ3v) is 9.79. The smallest absolute Gasteiger partial charge is 0.306 e. The fourth-order valence-electron chi connectivity index (χ4n) is 5.42. The second kappa shape index (κ2) is 36.6. The average Bonchev–Trinajstić information content (AvgIpc) is 3.12. The number of phosphoric acid groups is 1. The van der Waals surface area contributed by atoms with E-state index in [9.17, 15) is 19.0 Å². The zero-order valence-electron chi connectivity index (χ0n) is 35.2. The second-order valence-electron chi connectivity index (χ2n) is 15.3. The number of nitrogens with zero attached hydrogens (tertiary/aromatic N) is 1. The molecule has 0 aromatic rings. The first-order chi connectivity index (χ1) is 26.0. The van der Waals surface area contributed by atoms with Crippen molar-refractivity contribution in [3.63, 3.8) is 0 Å². The van der Waals surface area contributed by atoms with Gasteiger partial charge in [0, 0.05) is 12.8 Å². The van der Waals surface area contributed by atoms with Gasteiger partial charge in [-0.05, 0) is 77.0 Å². The summed E-state index contributed by atoms with van der Waals surface area (Å²) in [5.74, 6) is -0.870. The standard InChI is InChI=1S/C44H80NO8P/c1-6-8-10-12-14-16-18-20-22-24-26-28-30-32-34-36-43(46)50-40-42(41-52-54(48,49)51-39-38-45(3,4)5)53-44(47)37-35-33-31-29-27-25-23-21-19-17-15-13-11-9-7-2/h14-17,20-23,42H,6-13,18-19,24-41H2,1-5H3/b16-14+,17-15+,22-20+,23-21+/t42-/m0/s1. The van der Waals surface area contributed by atoms with E-state index >= 15 is 0 Å². The molecular weight excluding hydrogens is 701 g/mol. The minimum Gasteiger partial charge on any atom is -0.756 e. The third-order valence-electron chi connectivity index (χ3n) is 8.82. The van der Waals surface area contributed by atoms with E-state index in [0.29, 0.717) is 23.9 Å². The molecule has 0 aliphatic carbocycles. The van der Waals surface area contributed by atoms with E-state index in [1.165, 1.54) is 51.4 Å². The topological polar surface area (TPSA) is 111 Å². The lowest BCUT2D eigenvalue weighted by atomic mass is 10.1. The maximum atomic E-state index is 12.6. The van der Waals surface area contributed by atoms with Gasteiger partial charge in [-0.2, -0.15) is 0 Å². The van der Waals surface area contributed by atoms with E-state index in [0.717, 1.165) is 77.0 Å². The Kier molecular flexibility index (Phi) is 35.2. The maximum Gasteiger partial charge on any atom is 0.306 e. The van der Waals surface area contributed by atoms with Gasteiger partial charge in [-0.25, -0.2) is 0 Å². The van der Waals surface area contributed by atoms with Crippen LogP contribution in [0.4, 0.5) is 0 Å². The number of unbranched alkanes of at least 4 members (excludes halogenated alkanes) is 16. The quantitative estimate of drug-likeness (QED) is 0.0200. The summed E-state index contributed by atoms with van der Waals surface area (Å²) in [5.41, 5.74) is 0. The van der Waals surface area contributed by atoms with Gasteiger partial charge < -0.3 is 27.9 Å². The van der Waals surface area contributed by atoms with Crippen molar-refractivity contribution < 1.29 is 42.1 Å². The SMILES string of the molecule is CCCCC/C=C/C/C=C/CCCCCCCC(=O)OC[C@@H](COP(=O)([O-])OCC[N+](C)(C)C)OC(=O)CCCCCCC/C=C/C/C=C/CCCCC. The van der Waals surface area contributed by atoms with Crippen molar-refractivity contribution in [2.75, 3.05) is 47.5 Å². The Bertz CT molecular complexity index is 1070. The number of allylic oxidation sites excluding steroid dienone is 8. The van der Waals surface area contributed by atoms with Crippen molar-refractivity contribution in [1.82, 2.24) is 0 Å². The highest BCUT2D eigenvalue weighted by Gasteiger charge is 2.21. The fourth-order valence-corrected chi connectivity index (χ4v) is 6.15. The predicted octanol–water partition coefficient (Wildman–Crippen LogP) is 11.3. The van der Waals surface area contributed by atoms with Crippen molar-refractivity contribution >= 4 is 19.8 Å². The first kappa shape index (κ1) is 52.0. The number of phosphoric ester groups is 1. The van der Waals surface area contributed by atoms with Gasteiger partial charge >= 0.3 is 11.9 Å². The molecule has 0 amide bonds. The number of rotatable bonds is 38. The van der Waals surface area contributed by atoms with Gasteiger partial charge in [0.2, 0.25) is 0 Å². The molecule has 0 saturated carbocycles. The van der Waals surface area contributed by atoms with Gasteiger partial charge in [-0.15, -0.1) is 0 Å². The van der Waals surface area contributed by atoms with Crippen LogP contribution < -0.4 is 4.89 Å². The van der Waals surface area contributed by atoms with E-state index in [2.05, 4.69) is 62.5 Å². The summed E-state index contributed by atoms with van der Waals surface area (Å²) < 4.78 is 33.8. The molecule has 54 heavy (non-hydrogen) atoms. The molecule has 0 N–H and O–H groups in total. The fraction of sp³-hybridized carbons (Fsp3) is 0.773. The molecule has 0 aromatic heterocycles. The van der Waals surface area contributed by atoms with Crippen LogP contribution in [0.5, 0.6) is 0 Å². The molecule has 0 aliphatic rings. The van der Waals surface area contributed by atoms with Crippen LogP contribution in [-0.4, -0.2) is 70.0 Å². The van der Waals surface area contributed by atoms with Crippen LogP contribution in [0.1, 0.15) is 168 Å². The molecule has 10 heteroatoms. The van der Waals surface area contributed by atoms with Crippen LogP contribution in [0.3, 0.4) is 0 Å². The molecule has 0 saturated heterocycles. The van der Waals surface area contributed by atoms with Crippen molar-refractivity contribution in [2.24, 2.45) is 0 Å². The summed E-state index contributed by atoms with van der Waals surface area (Å²) in [4.78, 5) is 37.5. The Morgan fingerprint density at radius 2 is 1.00 bits per heavy atom. The molecule has 0 aliphatic heterocycles. The summed E-state index contributed by atoms with van der Waals surface area (Å²) in [6, 6.07) is 0. The van der Waals surface area contributed by atoms with Gasteiger partial charge in [0.1, 0.15) is 19.8 Å². The predicted molar refractivity (Wildman–Crippen MR) is 222 cm³/mol. The van der Waals surface area contributed by atoms with E-state index in [4.69, 9.17) is 18.5 Å². The van der Waals surface area contributed by atoms with Gasteiger partial charge in [0.05, 0.1) is 27.7 Å². The summed E-state index contributed by atoms with van der Waals surface area (Å²) in [6.45, 7) is 4.13. The maximum absolute atomic E-state index is 12.6. The summed E-state index contributed by atoms with van der Waals surface area (Å²) >= 11 is 0. The Morgan fingerprint density at radius 3 is 1.46 bits per heavy atom. The monoisotopic (exact) mass is 782 g/mol. The molecule has 314 valence electrons. The van der Waals surface area contributed by atoms with Crippen LogP contribution >= 0.6 is 7.82 Å². The van der Waals surface area contributed by atoms with Gasteiger partial charge in [-0.3, -0.25) is 14.2 Å². The molecule has 0 spiro atoms. The lowest BCUT2D eigenvalue weighted by Gasteiger charge is -2.28. The van der Waals surface area contributed by atoms with Crippen molar-refractivity contribution in [3.05, 3.63) is 48.6 Å². The Morgan fingerprint density at radius 1 is 0.574 bits per heavy atom. The number of quaternary nitrogens is 1. The Balaban J connectivity index is 4.44. The van der Waals surface area contributed by atoms with Crippen molar-refractivity contribution in [2.45, 2.75) is 174 Å². The first-order valence-corrected chi connectivity index (χ1v) is 22.8. The highest BCUT2D eigenvalue weighted by molar-refractivity contribution is 7.45. The third kappa shape index (κ3) is 39.7. The molecule has 9 nitrogen and oxygen atoms in total. The number of hydrogen-bond donors (Lipinski definition) is 0. The van der Waals surface area contributed by atoms with E-state index in [1.807, 2.05) is 21.1 Å². The minimum atomic E-state index is -4.63. The summed E-state index contributed by atoms with van der Waals surface area (Å²) in [7, 11) is 1.14.